The van der Waals surface area contributed by atoms with Gasteiger partial charge in [-0.2, -0.15) is 0 Å². The van der Waals surface area contributed by atoms with Crippen molar-refractivity contribution in [1.29, 1.82) is 0 Å². The van der Waals surface area contributed by atoms with Crippen molar-refractivity contribution in [3.8, 4) is 0 Å². The SMILES string of the molecule is CCc1ccc(CC(CC(C)(C)OC)NC)cc1. The molecule has 102 valence electrons. The van der Waals surface area contributed by atoms with Crippen molar-refractivity contribution in [2.45, 2.75) is 51.7 Å². The summed E-state index contributed by atoms with van der Waals surface area (Å²) >= 11 is 0. The van der Waals surface area contributed by atoms with E-state index < -0.39 is 0 Å². The van der Waals surface area contributed by atoms with Crippen LogP contribution < -0.4 is 5.32 Å². The average Bonchev–Trinajstić information content (AvgIpc) is 2.38. The third kappa shape index (κ3) is 4.79. The van der Waals surface area contributed by atoms with Crippen LogP contribution in [0, 0.1) is 0 Å². The molecule has 0 spiro atoms. The number of nitrogens with one attached hydrogen (secondary N) is 1. The van der Waals surface area contributed by atoms with Crippen molar-refractivity contribution in [3.63, 3.8) is 0 Å². The van der Waals surface area contributed by atoms with Gasteiger partial charge in [0.15, 0.2) is 0 Å². The molecule has 1 aromatic rings. The summed E-state index contributed by atoms with van der Waals surface area (Å²) in [7, 11) is 3.81. The largest absolute Gasteiger partial charge is 0.379 e. The summed E-state index contributed by atoms with van der Waals surface area (Å²) in [5, 5.41) is 3.39. The molecule has 1 N–H and O–H groups in total. The number of likely N-dealkylation sites (N-methyl/N-ethyl adjacent to an activating group) is 1. The van der Waals surface area contributed by atoms with Crippen LogP contribution in [0.5, 0.6) is 0 Å². The maximum atomic E-state index is 5.50. The van der Waals surface area contributed by atoms with Crippen molar-refractivity contribution in [1.82, 2.24) is 5.32 Å². The highest BCUT2D eigenvalue weighted by molar-refractivity contribution is 5.23. The molecule has 18 heavy (non-hydrogen) atoms. The summed E-state index contributed by atoms with van der Waals surface area (Å²) in [5.41, 5.74) is 2.72. The summed E-state index contributed by atoms with van der Waals surface area (Å²) in [6, 6.07) is 9.38. The zero-order valence-corrected chi connectivity index (χ0v) is 12.4. The predicted molar refractivity (Wildman–Crippen MR) is 78.1 cm³/mol. The highest BCUT2D eigenvalue weighted by atomic mass is 16.5. The number of benzene rings is 1. The molecule has 1 atom stereocenters. The summed E-state index contributed by atoms with van der Waals surface area (Å²) in [6.07, 6.45) is 3.16. The van der Waals surface area contributed by atoms with E-state index in [1.165, 1.54) is 11.1 Å². The predicted octanol–water partition coefficient (Wildman–Crippen LogP) is 3.19. The van der Waals surface area contributed by atoms with Gasteiger partial charge in [-0.25, -0.2) is 0 Å². The molecule has 0 heterocycles. The lowest BCUT2D eigenvalue weighted by molar-refractivity contribution is 0.00773. The van der Waals surface area contributed by atoms with E-state index in [1.807, 2.05) is 7.05 Å². The molecule has 1 rings (SSSR count). The van der Waals surface area contributed by atoms with E-state index in [9.17, 15) is 0 Å². The van der Waals surface area contributed by atoms with Crippen LogP contribution in [0.1, 0.15) is 38.3 Å². The molecular weight excluding hydrogens is 222 g/mol. The monoisotopic (exact) mass is 249 g/mol. The van der Waals surface area contributed by atoms with Crippen LogP contribution in [0.25, 0.3) is 0 Å². The summed E-state index contributed by atoms with van der Waals surface area (Å²) in [6.45, 7) is 6.46. The van der Waals surface area contributed by atoms with Crippen LogP contribution in [-0.2, 0) is 17.6 Å². The molecular formula is C16H27NO. The fourth-order valence-electron chi connectivity index (χ4n) is 2.15. The quantitative estimate of drug-likeness (QED) is 0.801. The van der Waals surface area contributed by atoms with E-state index in [0.717, 1.165) is 19.3 Å². The topological polar surface area (TPSA) is 21.3 Å². The molecule has 0 aliphatic heterocycles. The lowest BCUT2D eigenvalue weighted by Crippen LogP contribution is -2.37. The van der Waals surface area contributed by atoms with Crippen LogP contribution in [0.2, 0.25) is 0 Å². The van der Waals surface area contributed by atoms with Crippen molar-refractivity contribution in [2.24, 2.45) is 0 Å². The normalized spacial score (nSPS) is 13.6. The molecule has 2 heteroatoms. The van der Waals surface area contributed by atoms with Crippen LogP contribution in [0.3, 0.4) is 0 Å². The first-order valence-corrected chi connectivity index (χ1v) is 6.81. The first kappa shape index (κ1) is 15.2. The second-order valence-corrected chi connectivity index (χ2v) is 5.53. The standard InChI is InChI=1S/C16H27NO/c1-6-13-7-9-14(10-8-13)11-15(17-4)12-16(2,3)18-5/h7-10,15,17H,6,11-12H2,1-5H3. The van der Waals surface area contributed by atoms with Gasteiger partial charge in [-0.1, -0.05) is 31.2 Å². The van der Waals surface area contributed by atoms with Crippen molar-refractivity contribution >= 4 is 0 Å². The zero-order valence-electron chi connectivity index (χ0n) is 12.4. The fourth-order valence-corrected chi connectivity index (χ4v) is 2.15. The second-order valence-electron chi connectivity index (χ2n) is 5.53. The van der Waals surface area contributed by atoms with E-state index in [0.29, 0.717) is 6.04 Å². The highest BCUT2D eigenvalue weighted by Gasteiger charge is 2.21. The third-order valence-corrected chi connectivity index (χ3v) is 3.61. The van der Waals surface area contributed by atoms with Gasteiger partial charge in [-0.15, -0.1) is 0 Å². The molecule has 1 unspecified atom stereocenters. The molecule has 0 radical (unpaired) electrons. The number of rotatable bonds is 7. The van der Waals surface area contributed by atoms with E-state index in [4.69, 9.17) is 4.74 Å². The van der Waals surface area contributed by atoms with Gasteiger partial charge in [0.05, 0.1) is 5.60 Å². The number of hydrogen-bond donors (Lipinski definition) is 1. The molecule has 0 aliphatic carbocycles. The second kappa shape index (κ2) is 6.91. The van der Waals surface area contributed by atoms with Crippen LogP contribution in [0.4, 0.5) is 0 Å². The molecule has 0 aliphatic rings. The molecule has 0 bridgehead atoms. The van der Waals surface area contributed by atoms with Crippen molar-refractivity contribution in [3.05, 3.63) is 35.4 Å². The molecule has 0 fully saturated rings. The van der Waals surface area contributed by atoms with Gasteiger partial charge in [-0.05, 0) is 51.3 Å². The Morgan fingerprint density at radius 1 is 1.17 bits per heavy atom. The summed E-state index contributed by atoms with van der Waals surface area (Å²) in [5.74, 6) is 0. The maximum Gasteiger partial charge on any atom is 0.0637 e. The van der Waals surface area contributed by atoms with E-state index in [1.54, 1.807) is 7.11 Å². The average molecular weight is 249 g/mol. The van der Waals surface area contributed by atoms with E-state index in [-0.39, 0.29) is 5.60 Å². The lowest BCUT2D eigenvalue weighted by Gasteiger charge is -2.28. The smallest absolute Gasteiger partial charge is 0.0637 e. The molecule has 1 aromatic carbocycles. The molecule has 0 amide bonds. The molecule has 2 nitrogen and oxygen atoms in total. The Morgan fingerprint density at radius 3 is 2.17 bits per heavy atom. The minimum Gasteiger partial charge on any atom is -0.379 e. The van der Waals surface area contributed by atoms with Crippen molar-refractivity contribution in [2.75, 3.05) is 14.2 Å². The van der Waals surface area contributed by atoms with E-state index >= 15 is 0 Å². The van der Waals surface area contributed by atoms with Crippen LogP contribution in [0.15, 0.2) is 24.3 Å². The Balaban J connectivity index is 2.62. The van der Waals surface area contributed by atoms with Crippen molar-refractivity contribution < 1.29 is 4.74 Å². The van der Waals surface area contributed by atoms with Gasteiger partial charge >= 0.3 is 0 Å². The highest BCUT2D eigenvalue weighted by Crippen LogP contribution is 2.18. The van der Waals surface area contributed by atoms with E-state index in [2.05, 4.69) is 50.4 Å². The Kier molecular flexibility index (Phi) is 5.83. The molecule has 0 saturated carbocycles. The fraction of sp³-hybridized carbons (Fsp3) is 0.625. The summed E-state index contributed by atoms with van der Waals surface area (Å²) in [4.78, 5) is 0. The number of methoxy groups -OCH3 is 1. The zero-order chi connectivity index (χ0) is 13.6. The Hall–Kier alpha value is -0.860. The van der Waals surface area contributed by atoms with Crippen LogP contribution in [-0.4, -0.2) is 25.8 Å². The van der Waals surface area contributed by atoms with Gasteiger partial charge in [-0.3, -0.25) is 0 Å². The number of aryl methyl sites for hydroxylation is 1. The number of hydrogen-bond acceptors (Lipinski definition) is 2. The first-order valence-electron chi connectivity index (χ1n) is 6.81. The first-order chi connectivity index (χ1) is 8.50. The Bertz CT molecular complexity index is 343. The van der Waals surface area contributed by atoms with Gasteiger partial charge in [0.25, 0.3) is 0 Å². The van der Waals surface area contributed by atoms with Gasteiger partial charge < -0.3 is 10.1 Å². The van der Waals surface area contributed by atoms with Gasteiger partial charge in [0.1, 0.15) is 0 Å². The number of ether oxygens (including phenoxy) is 1. The minimum atomic E-state index is -0.0724. The lowest BCUT2D eigenvalue weighted by atomic mass is 9.93. The van der Waals surface area contributed by atoms with Gasteiger partial charge in [0.2, 0.25) is 0 Å². The van der Waals surface area contributed by atoms with Gasteiger partial charge in [0, 0.05) is 13.2 Å². The minimum absolute atomic E-state index is 0.0724. The Morgan fingerprint density at radius 2 is 1.72 bits per heavy atom. The Labute approximate surface area is 112 Å². The third-order valence-electron chi connectivity index (χ3n) is 3.61. The van der Waals surface area contributed by atoms with Crippen LogP contribution >= 0.6 is 0 Å². The maximum absolute atomic E-state index is 5.50. The molecule has 0 saturated heterocycles. The molecule has 0 aromatic heterocycles. The summed E-state index contributed by atoms with van der Waals surface area (Å²) < 4.78 is 5.50.